The zero-order chi connectivity index (χ0) is 18.5. The van der Waals surface area contributed by atoms with Gasteiger partial charge in [0.25, 0.3) is 0 Å². The summed E-state index contributed by atoms with van der Waals surface area (Å²) in [5.41, 5.74) is 1.59. The summed E-state index contributed by atoms with van der Waals surface area (Å²) in [4.78, 5) is 35.8. The fourth-order valence-corrected chi connectivity index (χ4v) is 2.54. The third kappa shape index (κ3) is 4.00. The van der Waals surface area contributed by atoms with Gasteiger partial charge in [0.1, 0.15) is 6.04 Å². The van der Waals surface area contributed by atoms with Crippen molar-refractivity contribution in [3.8, 4) is 5.75 Å². The molecule has 3 rings (SSSR count). The molecule has 1 aliphatic rings. The fourth-order valence-electron chi connectivity index (χ4n) is 2.54. The van der Waals surface area contributed by atoms with Crippen molar-refractivity contribution in [3.05, 3.63) is 54.1 Å². The Labute approximate surface area is 150 Å². The standard InChI is InChI=1S/C19H18N2O5/c1-2-25-18(23)12-7-9-13(10-8-12)20-17(22)11-15-19(24)26-16-6-4-3-5-14(16)21-15/h3-10,15,21H,2,11H2,1H3,(H,20,22)/t15-/m1/s1. The molecule has 1 aliphatic heterocycles. The summed E-state index contributed by atoms with van der Waals surface area (Å²) in [7, 11) is 0. The topological polar surface area (TPSA) is 93.7 Å². The molecule has 134 valence electrons. The quantitative estimate of drug-likeness (QED) is 0.633. The fraction of sp³-hybridized carbons (Fsp3) is 0.211. The highest BCUT2D eigenvalue weighted by Crippen LogP contribution is 2.29. The second-order valence-corrected chi connectivity index (χ2v) is 5.66. The Morgan fingerprint density at radius 2 is 1.88 bits per heavy atom. The predicted molar refractivity (Wildman–Crippen MR) is 95.1 cm³/mol. The highest BCUT2D eigenvalue weighted by molar-refractivity contribution is 5.97. The Morgan fingerprint density at radius 1 is 1.15 bits per heavy atom. The van der Waals surface area contributed by atoms with Crippen LogP contribution in [0.15, 0.2) is 48.5 Å². The number of para-hydroxylation sites is 2. The van der Waals surface area contributed by atoms with Gasteiger partial charge >= 0.3 is 11.9 Å². The molecular weight excluding hydrogens is 336 g/mol. The van der Waals surface area contributed by atoms with Gasteiger partial charge in [-0.2, -0.15) is 0 Å². The molecular formula is C19H18N2O5. The summed E-state index contributed by atoms with van der Waals surface area (Å²) < 4.78 is 10.1. The summed E-state index contributed by atoms with van der Waals surface area (Å²) >= 11 is 0. The van der Waals surface area contributed by atoms with Gasteiger partial charge in [0.15, 0.2) is 5.75 Å². The van der Waals surface area contributed by atoms with Crippen molar-refractivity contribution in [1.29, 1.82) is 0 Å². The van der Waals surface area contributed by atoms with Gasteiger partial charge in [0.2, 0.25) is 5.91 Å². The number of rotatable bonds is 5. The molecule has 7 heteroatoms. The van der Waals surface area contributed by atoms with Crippen LogP contribution in [-0.2, 0) is 14.3 Å². The summed E-state index contributed by atoms with van der Waals surface area (Å²) in [5, 5.41) is 5.70. The van der Waals surface area contributed by atoms with Gasteiger partial charge in [-0.3, -0.25) is 4.79 Å². The first-order valence-electron chi connectivity index (χ1n) is 8.21. The Hall–Kier alpha value is -3.35. The van der Waals surface area contributed by atoms with Gasteiger partial charge in [0, 0.05) is 5.69 Å². The largest absolute Gasteiger partial charge is 0.462 e. The molecule has 0 fully saturated rings. The smallest absolute Gasteiger partial charge is 0.338 e. The molecule has 0 saturated heterocycles. The summed E-state index contributed by atoms with van der Waals surface area (Å²) in [6.07, 6.45) is -0.0766. The number of hydrogen-bond acceptors (Lipinski definition) is 6. The molecule has 0 aliphatic carbocycles. The predicted octanol–water partition coefficient (Wildman–Crippen LogP) is 2.59. The number of ether oxygens (including phenoxy) is 2. The van der Waals surface area contributed by atoms with E-state index in [1.54, 1.807) is 49.4 Å². The summed E-state index contributed by atoms with van der Waals surface area (Å²) in [6.45, 7) is 2.03. The molecule has 0 bridgehead atoms. The number of fused-ring (bicyclic) bond motifs is 1. The molecule has 7 nitrogen and oxygen atoms in total. The number of benzene rings is 2. The monoisotopic (exact) mass is 354 g/mol. The molecule has 1 atom stereocenters. The van der Waals surface area contributed by atoms with Crippen LogP contribution in [0.4, 0.5) is 11.4 Å². The lowest BCUT2D eigenvalue weighted by molar-refractivity contribution is -0.137. The number of carbonyl (C=O) groups excluding carboxylic acids is 3. The van der Waals surface area contributed by atoms with Crippen LogP contribution in [0.5, 0.6) is 5.75 Å². The molecule has 26 heavy (non-hydrogen) atoms. The van der Waals surface area contributed by atoms with Crippen LogP contribution in [0, 0.1) is 0 Å². The number of esters is 2. The van der Waals surface area contributed by atoms with Crippen molar-refractivity contribution >= 4 is 29.2 Å². The first-order valence-corrected chi connectivity index (χ1v) is 8.21. The van der Waals surface area contributed by atoms with Crippen LogP contribution in [0.3, 0.4) is 0 Å². The summed E-state index contributed by atoms with van der Waals surface area (Å²) in [5.74, 6) is -0.818. The van der Waals surface area contributed by atoms with Crippen molar-refractivity contribution < 1.29 is 23.9 Å². The zero-order valence-electron chi connectivity index (χ0n) is 14.2. The average Bonchev–Trinajstić information content (AvgIpc) is 2.63. The Bertz CT molecular complexity index is 832. The lowest BCUT2D eigenvalue weighted by Gasteiger charge is -2.25. The van der Waals surface area contributed by atoms with Crippen molar-refractivity contribution in [2.45, 2.75) is 19.4 Å². The number of carbonyl (C=O) groups is 3. The summed E-state index contributed by atoms with van der Waals surface area (Å²) in [6, 6.07) is 12.6. The lowest BCUT2D eigenvalue weighted by atomic mass is 10.1. The Morgan fingerprint density at radius 3 is 2.62 bits per heavy atom. The van der Waals surface area contributed by atoms with Crippen LogP contribution < -0.4 is 15.4 Å². The maximum absolute atomic E-state index is 12.2. The lowest BCUT2D eigenvalue weighted by Crippen LogP contribution is -2.39. The van der Waals surface area contributed by atoms with Crippen LogP contribution >= 0.6 is 0 Å². The van der Waals surface area contributed by atoms with Crippen LogP contribution in [-0.4, -0.2) is 30.5 Å². The molecule has 1 amide bonds. The minimum absolute atomic E-state index is 0.0766. The highest BCUT2D eigenvalue weighted by atomic mass is 16.5. The van der Waals surface area contributed by atoms with E-state index >= 15 is 0 Å². The molecule has 2 aromatic rings. The number of anilines is 2. The highest BCUT2D eigenvalue weighted by Gasteiger charge is 2.29. The average molecular weight is 354 g/mol. The first-order chi connectivity index (χ1) is 12.6. The van der Waals surface area contributed by atoms with E-state index in [0.29, 0.717) is 29.3 Å². The molecule has 0 radical (unpaired) electrons. The second kappa shape index (κ2) is 7.69. The maximum Gasteiger partial charge on any atom is 0.338 e. The van der Waals surface area contributed by atoms with Gasteiger partial charge in [0.05, 0.1) is 24.3 Å². The maximum atomic E-state index is 12.2. The van der Waals surface area contributed by atoms with Gasteiger partial charge in [-0.05, 0) is 43.3 Å². The van der Waals surface area contributed by atoms with Gasteiger partial charge in [-0.25, -0.2) is 9.59 Å². The molecule has 0 saturated carbocycles. The van der Waals surface area contributed by atoms with Crippen molar-refractivity contribution in [1.82, 2.24) is 0 Å². The van der Waals surface area contributed by atoms with E-state index < -0.39 is 18.0 Å². The molecule has 2 aromatic carbocycles. The number of amides is 1. The molecule has 0 aromatic heterocycles. The SMILES string of the molecule is CCOC(=O)c1ccc(NC(=O)C[C@H]2Nc3ccccc3OC2=O)cc1. The van der Waals surface area contributed by atoms with Crippen LogP contribution in [0.25, 0.3) is 0 Å². The zero-order valence-corrected chi connectivity index (χ0v) is 14.2. The van der Waals surface area contributed by atoms with Gasteiger partial charge in [-0.1, -0.05) is 12.1 Å². The van der Waals surface area contributed by atoms with Crippen molar-refractivity contribution in [2.24, 2.45) is 0 Å². The van der Waals surface area contributed by atoms with E-state index in [-0.39, 0.29) is 12.3 Å². The van der Waals surface area contributed by atoms with E-state index in [0.717, 1.165) is 0 Å². The molecule has 1 heterocycles. The molecule has 0 unspecified atom stereocenters. The van der Waals surface area contributed by atoms with E-state index in [2.05, 4.69) is 10.6 Å². The number of nitrogens with one attached hydrogen (secondary N) is 2. The van der Waals surface area contributed by atoms with E-state index in [4.69, 9.17) is 9.47 Å². The first kappa shape index (κ1) is 17.5. The van der Waals surface area contributed by atoms with E-state index in [1.807, 2.05) is 6.07 Å². The van der Waals surface area contributed by atoms with Crippen molar-refractivity contribution in [3.63, 3.8) is 0 Å². The third-order valence-corrected chi connectivity index (χ3v) is 3.78. The van der Waals surface area contributed by atoms with Crippen LogP contribution in [0.1, 0.15) is 23.7 Å². The minimum Gasteiger partial charge on any atom is -0.462 e. The van der Waals surface area contributed by atoms with Gasteiger partial charge < -0.3 is 20.1 Å². The third-order valence-electron chi connectivity index (χ3n) is 3.78. The van der Waals surface area contributed by atoms with E-state index in [9.17, 15) is 14.4 Å². The second-order valence-electron chi connectivity index (χ2n) is 5.66. The van der Waals surface area contributed by atoms with Crippen molar-refractivity contribution in [2.75, 3.05) is 17.2 Å². The Balaban J connectivity index is 1.59. The Kier molecular flexibility index (Phi) is 5.17. The minimum atomic E-state index is -0.760. The van der Waals surface area contributed by atoms with E-state index in [1.165, 1.54) is 0 Å². The normalized spacial score (nSPS) is 15.3. The molecule has 2 N–H and O–H groups in total. The molecule has 0 spiro atoms. The number of hydrogen-bond donors (Lipinski definition) is 2. The van der Waals surface area contributed by atoms with Gasteiger partial charge in [-0.15, -0.1) is 0 Å². The van der Waals surface area contributed by atoms with Crippen LogP contribution in [0.2, 0.25) is 0 Å².